The lowest BCUT2D eigenvalue weighted by Crippen LogP contribution is -2.23. The van der Waals surface area contributed by atoms with E-state index in [-0.39, 0.29) is 11.8 Å². The van der Waals surface area contributed by atoms with Crippen molar-refractivity contribution in [2.45, 2.75) is 12.8 Å². The van der Waals surface area contributed by atoms with Crippen molar-refractivity contribution >= 4 is 5.91 Å². The van der Waals surface area contributed by atoms with Gasteiger partial charge in [0.1, 0.15) is 6.33 Å². The highest BCUT2D eigenvalue weighted by Crippen LogP contribution is 2.16. The first-order valence-corrected chi connectivity index (χ1v) is 5.16. The lowest BCUT2D eigenvalue weighted by atomic mass is 10.1. The summed E-state index contributed by atoms with van der Waals surface area (Å²) in [4.78, 5) is 16.0. The van der Waals surface area contributed by atoms with Crippen molar-refractivity contribution in [1.82, 2.24) is 9.55 Å². The second kappa shape index (κ2) is 4.55. The molecule has 82 valence electrons. The Hall–Kier alpha value is -1.20. The van der Waals surface area contributed by atoms with Crippen LogP contribution in [0.25, 0.3) is 0 Å². The van der Waals surface area contributed by atoms with Crippen LogP contribution >= 0.6 is 0 Å². The van der Waals surface area contributed by atoms with Crippen LogP contribution in [-0.4, -0.2) is 35.2 Å². The summed E-state index contributed by atoms with van der Waals surface area (Å²) < 4.78 is 6.80. The van der Waals surface area contributed by atoms with Crippen molar-refractivity contribution in [1.29, 1.82) is 0 Å². The number of hydrogen-bond donors (Lipinski definition) is 1. The smallest absolute Gasteiger partial charge is 0.237 e. The van der Waals surface area contributed by atoms with Crippen molar-refractivity contribution < 1.29 is 9.53 Å². The molecule has 0 amide bonds. The number of nitrogens with two attached hydrogens (primary N) is 1. The minimum atomic E-state index is -0.0178. The number of ether oxygens (including phenoxy) is 1. The highest BCUT2D eigenvalue weighted by Gasteiger charge is 2.25. The van der Waals surface area contributed by atoms with Gasteiger partial charge in [0.25, 0.3) is 0 Å². The second-order valence-corrected chi connectivity index (χ2v) is 3.69. The molecule has 15 heavy (non-hydrogen) atoms. The molecule has 0 aromatic carbocycles. The molecule has 1 unspecified atom stereocenters. The van der Waals surface area contributed by atoms with Crippen molar-refractivity contribution in [3.05, 3.63) is 18.2 Å². The van der Waals surface area contributed by atoms with Crippen molar-refractivity contribution in [2.75, 3.05) is 19.8 Å². The average Bonchev–Trinajstić information content (AvgIpc) is 2.87. The third-order valence-corrected chi connectivity index (χ3v) is 2.63. The Bertz CT molecular complexity index is 342. The molecule has 1 saturated heterocycles. The minimum absolute atomic E-state index is 0.0178. The molecule has 0 radical (unpaired) electrons. The second-order valence-electron chi connectivity index (χ2n) is 3.69. The molecule has 2 heterocycles. The Balaban J connectivity index is 2.13. The fourth-order valence-corrected chi connectivity index (χ4v) is 1.78. The summed E-state index contributed by atoms with van der Waals surface area (Å²) in [5.41, 5.74) is 6.35. The molecule has 0 bridgehead atoms. The van der Waals surface area contributed by atoms with E-state index in [1.54, 1.807) is 17.1 Å². The molecule has 1 aromatic heterocycles. The Kier molecular flexibility index (Phi) is 3.13. The van der Waals surface area contributed by atoms with E-state index in [1.807, 2.05) is 0 Å². The maximum atomic E-state index is 12.0. The van der Waals surface area contributed by atoms with Gasteiger partial charge in [0, 0.05) is 24.9 Å². The predicted molar refractivity (Wildman–Crippen MR) is 54.5 cm³/mol. The van der Waals surface area contributed by atoms with Crippen LogP contribution in [0, 0.1) is 5.92 Å². The number of rotatable bonds is 3. The molecule has 5 nitrogen and oxygen atoms in total. The van der Waals surface area contributed by atoms with Crippen LogP contribution in [0.1, 0.15) is 16.9 Å². The minimum Gasteiger partial charge on any atom is -0.381 e. The lowest BCUT2D eigenvalue weighted by Gasteiger charge is -2.09. The van der Waals surface area contributed by atoms with Crippen LogP contribution < -0.4 is 5.73 Å². The largest absolute Gasteiger partial charge is 0.381 e. The first-order valence-electron chi connectivity index (χ1n) is 5.16. The van der Waals surface area contributed by atoms with Crippen LogP contribution in [0.4, 0.5) is 0 Å². The summed E-state index contributed by atoms with van der Waals surface area (Å²) in [5, 5.41) is 0. The van der Waals surface area contributed by atoms with Crippen LogP contribution in [-0.2, 0) is 11.2 Å². The predicted octanol–water partition coefficient (Wildman–Crippen LogP) is 0.0610. The zero-order valence-electron chi connectivity index (χ0n) is 8.56. The Morgan fingerprint density at radius 1 is 1.73 bits per heavy atom. The number of nitrogens with zero attached hydrogens (tertiary/aromatic N) is 2. The van der Waals surface area contributed by atoms with Crippen LogP contribution in [0.5, 0.6) is 0 Å². The fraction of sp³-hybridized carbons (Fsp3) is 0.600. The van der Waals surface area contributed by atoms with Gasteiger partial charge < -0.3 is 10.5 Å². The van der Waals surface area contributed by atoms with Gasteiger partial charge in [-0.25, -0.2) is 4.98 Å². The molecular formula is C10H15N3O2. The first kappa shape index (κ1) is 10.3. The van der Waals surface area contributed by atoms with Crippen molar-refractivity contribution in [2.24, 2.45) is 11.7 Å². The number of aromatic nitrogens is 2. The summed E-state index contributed by atoms with van der Waals surface area (Å²) in [6, 6.07) is 0. The zero-order valence-corrected chi connectivity index (χ0v) is 8.56. The Morgan fingerprint density at radius 3 is 3.27 bits per heavy atom. The maximum absolute atomic E-state index is 12.0. The fourth-order valence-electron chi connectivity index (χ4n) is 1.78. The maximum Gasteiger partial charge on any atom is 0.237 e. The highest BCUT2D eigenvalue weighted by atomic mass is 16.5. The van der Waals surface area contributed by atoms with Crippen LogP contribution in [0.15, 0.2) is 12.5 Å². The van der Waals surface area contributed by atoms with Gasteiger partial charge in [-0.05, 0) is 13.0 Å². The topological polar surface area (TPSA) is 70.1 Å². The van der Waals surface area contributed by atoms with Gasteiger partial charge in [-0.2, -0.15) is 0 Å². The normalized spacial score (nSPS) is 20.7. The summed E-state index contributed by atoms with van der Waals surface area (Å²) in [6.45, 7) is 1.73. The van der Waals surface area contributed by atoms with Gasteiger partial charge in [-0.15, -0.1) is 0 Å². The summed E-state index contributed by atoms with van der Waals surface area (Å²) in [5.74, 6) is 0.0594. The standard InChI is InChI=1S/C10H15N3O2/c11-3-1-9-5-12-7-13(9)10(14)8-2-4-15-6-8/h5,7-8H,1-4,6,11H2. The molecule has 2 rings (SSSR count). The van der Waals surface area contributed by atoms with Gasteiger partial charge in [0.2, 0.25) is 5.91 Å². The van der Waals surface area contributed by atoms with E-state index in [0.29, 0.717) is 26.2 Å². The van der Waals surface area contributed by atoms with E-state index in [2.05, 4.69) is 4.98 Å². The average molecular weight is 209 g/mol. The molecule has 1 aliphatic heterocycles. The molecule has 1 aromatic rings. The highest BCUT2D eigenvalue weighted by molar-refractivity contribution is 5.82. The molecule has 0 aliphatic carbocycles. The number of hydrogen-bond acceptors (Lipinski definition) is 4. The Morgan fingerprint density at radius 2 is 2.60 bits per heavy atom. The Labute approximate surface area is 88.2 Å². The quantitative estimate of drug-likeness (QED) is 0.764. The van der Waals surface area contributed by atoms with E-state index in [9.17, 15) is 4.79 Å². The van der Waals surface area contributed by atoms with Gasteiger partial charge >= 0.3 is 0 Å². The van der Waals surface area contributed by atoms with E-state index in [4.69, 9.17) is 10.5 Å². The summed E-state index contributed by atoms with van der Waals surface area (Å²) in [7, 11) is 0. The molecule has 1 atom stereocenters. The summed E-state index contributed by atoms with van der Waals surface area (Å²) in [6.07, 6.45) is 4.74. The first-order chi connectivity index (χ1) is 7.33. The lowest BCUT2D eigenvalue weighted by molar-refractivity contribution is 0.0811. The van der Waals surface area contributed by atoms with Gasteiger partial charge in [0.15, 0.2) is 0 Å². The third kappa shape index (κ3) is 2.08. The molecule has 2 N–H and O–H groups in total. The zero-order chi connectivity index (χ0) is 10.7. The van der Waals surface area contributed by atoms with E-state index < -0.39 is 0 Å². The monoisotopic (exact) mass is 209 g/mol. The van der Waals surface area contributed by atoms with Gasteiger partial charge in [0.05, 0.1) is 12.5 Å². The van der Waals surface area contributed by atoms with E-state index in [1.165, 1.54) is 0 Å². The molecule has 0 spiro atoms. The van der Waals surface area contributed by atoms with Crippen LogP contribution in [0.3, 0.4) is 0 Å². The van der Waals surface area contributed by atoms with Gasteiger partial charge in [-0.1, -0.05) is 0 Å². The summed E-state index contributed by atoms with van der Waals surface area (Å²) >= 11 is 0. The van der Waals surface area contributed by atoms with E-state index in [0.717, 1.165) is 12.1 Å². The van der Waals surface area contributed by atoms with Gasteiger partial charge in [-0.3, -0.25) is 9.36 Å². The molecular weight excluding hydrogens is 194 g/mol. The number of carbonyl (C=O) groups excluding carboxylic acids is 1. The molecule has 1 fully saturated rings. The van der Waals surface area contributed by atoms with Crippen LogP contribution in [0.2, 0.25) is 0 Å². The van der Waals surface area contributed by atoms with Crippen molar-refractivity contribution in [3.8, 4) is 0 Å². The molecule has 1 aliphatic rings. The van der Waals surface area contributed by atoms with E-state index >= 15 is 0 Å². The number of carbonyl (C=O) groups is 1. The number of imidazole rings is 1. The molecule has 5 heteroatoms. The third-order valence-electron chi connectivity index (χ3n) is 2.63. The van der Waals surface area contributed by atoms with Crippen molar-refractivity contribution in [3.63, 3.8) is 0 Å². The molecule has 0 saturated carbocycles. The SMILES string of the molecule is NCCc1cncn1C(=O)C1CCOC1.